The normalized spacial score (nSPS) is 11.4. The Morgan fingerprint density at radius 2 is 1.54 bits per heavy atom. The van der Waals surface area contributed by atoms with Crippen molar-refractivity contribution in [2.45, 2.75) is 13.0 Å². The summed E-state index contributed by atoms with van der Waals surface area (Å²) >= 11 is 0. The summed E-state index contributed by atoms with van der Waals surface area (Å²) in [4.78, 5) is 24.8. The van der Waals surface area contributed by atoms with E-state index in [1.807, 2.05) is 6.07 Å². The van der Waals surface area contributed by atoms with Crippen molar-refractivity contribution >= 4 is 17.4 Å². The third kappa shape index (κ3) is 4.76. The number of nitrogens with one attached hydrogen (secondary N) is 1. The highest BCUT2D eigenvalue weighted by Gasteiger charge is 2.17. The van der Waals surface area contributed by atoms with Crippen LogP contribution in [0.1, 0.15) is 27.6 Å². The van der Waals surface area contributed by atoms with Crippen molar-refractivity contribution in [3.05, 3.63) is 90.0 Å². The van der Waals surface area contributed by atoms with Crippen molar-refractivity contribution in [1.82, 2.24) is 0 Å². The van der Waals surface area contributed by atoms with E-state index < -0.39 is 6.10 Å². The second-order valence-corrected chi connectivity index (χ2v) is 6.20. The smallest absolute Gasteiger partial charge is 0.255 e. The van der Waals surface area contributed by atoms with Gasteiger partial charge in [-0.25, -0.2) is 0 Å². The van der Waals surface area contributed by atoms with Gasteiger partial charge in [0.15, 0.2) is 6.10 Å². The molecule has 1 amide bonds. The molecule has 0 heterocycles. The average Bonchev–Trinajstić information content (AvgIpc) is 2.74. The van der Waals surface area contributed by atoms with E-state index in [9.17, 15) is 9.59 Å². The molecule has 1 N–H and O–H groups in total. The number of anilines is 1. The topological polar surface area (TPSA) is 64.6 Å². The molecule has 1 unspecified atom stereocenters. The quantitative estimate of drug-likeness (QED) is 0.613. The standard InChI is InChI=1S/C23H21NO4/c1-16(22(25)17-11-13-20(27-2)14-12-17)28-21-10-6-9-19(15-21)24-23(26)18-7-4-3-5-8-18/h3-16H,1-2H3,(H,24,26). The second kappa shape index (κ2) is 8.86. The lowest BCUT2D eigenvalue weighted by Crippen LogP contribution is -2.24. The van der Waals surface area contributed by atoms with Gasteiger partial charge < -0.3 is 14.8 Å². The lowest BCUT2D eigenvalue weighted by molar-refractivity contribution is 0.0818. The van der Waals surface area contributed by atoms with Crippen molar-refractivity contribution in [3.8, 4) is 11.5 Å². The van der Waals surface area contributed by atoms with E-state index >= 15 is 0 Å². The average molecular weight is 375 g/mol. The summed E-state index contributed by atoms with van der Waals surface area (Å²) in [6.45, 7) is 1.70. The van der Waals surface area contributed by atoms with Gasteiger partial charge >= 0.3 is 0 Å². The minimum atomic E-state index is -0.673. The number of ether oxygens (including phenoxy) is 2. The van der Waals surface area contributed by atoms with Gasteiger partial charge in [0.05, 0.1) is 7.11 Å². The summed E-state index contributed by atoms with van der Waals surface area (Å²) in [5.41, 5.74) is 1.70. The molecule has 0 fully saturated rings. The first-order valence-corrected chi connectivity index (χ1v) is 8.88. The van der Waals surface area contributed by atoms with Crippen LogP contribution in [0.4, 0.5) is 5.69 Å². The molecule has 0 saturated heterocycles. The highest BCUT2D eigenvalue weighted by atomic mass is 16.5. The number of benzene rings is 3. The highest BCUT2D eigenvalue weighted by molar-refractivity contribution is 6.04. The Labute approximate surface area is 163 Å². The van der Waals surface area contributed by atoms with Crippen LogP contribution in [0.5, 0.6) is 11.5 Å². The minimum absolute atomic E-state index is 0.138. The molecule has 3 rings (SSSR count). The predicted molar refractivity (Wildman–Crippen MR) is 108 cm³/mol. The monoisotopic (exact) mass is 375 g/mol. The fourth-order valence-electron chi connectivity index (χ4n) is 2.69. The Balaban J connectivity index is 1.66. The lowest BCUT2D eigenvalue weighted by atomic mass is 10.1. The number of carbonyl (C=O) groups excluding carboxylic acids is 2. The molecule has 0 spiro atoms. The Morgan fingerprint density at radius 3 is 2.21 bits per heavy atom. The van der Waals surface area contributed by atoms with Gasteiger partial charge in [-0.1, -0.05) is 24.3 Å². The Kier molecular flexibility index (Phi) is 6.07. The summed E-state index contributed by atoms with van der Waals surface area (Å²) in [5, 5.41) is 2.83. The Morgan fingerprint density at radius 1 is 0.821 bits per heavy atom. The number of Topliss-reactive ketones (excluding diaryl/α,β-unsaturated/α-hetero) is 1. The van der Waals surface area contributed by atoms with Crippen LogP contribution in [0.15, 0.2) is 78.9 Å². The van der Waals surface area contributed by atoms with Gasteiger partial charge in [-0.2, -0.15) is 0 Å². The molecular weight excluding hydrogens is 354 g/mol. The molecule has 0 aromatic heterocycles. The summed E-state index contributed by atoms with van der Waals surface area (Å²) < 4.78 is 10.9. The molecular formula is C23H21NO4. The molecule has 1 atom stereocenters. The van der Waals surface area contributed by atoms with Crippen molar-refractivity contribution < 1.29 is 19.1 Å². The van der Waals surface area contributed by atoms with Gasteiger partial charge in [0.25, 0.3) is 5.91 Å². The Bertz CT molecular complexity index is 952. The highest BCUT2D eigenvalue weighted by Crippen LogP contribution is 2.21. The van der Waals surface area contributed by atoms with E-state index in [0.717, 1.165) is 0 Å². The maximum atomic E-state index is 12.6. The molecule has 142 valence electrons. The first kappa shape index (κ1) is 19.2. The van der Waals surface area contributed by atoms with Gasteiger partial charge in [-0.15, -0.1) is 0 Å². The summed E-state index contributed by atoms with van der Waals surface area (Å²) in [6.07, 6.45) is -0.673. The number of amides is 1. The zero-order valence-electron chi connectivity index (χ0n) is 15.7. The zero-order valence-corrected chi connectivity index (χ0v) is 15.7. The first-order chi connectivity index (χ1) is 13.6. The molecule has 5 heteroatoms. The third-order valence-electron chi connectivity index (χ3n) is 4.18. The maximum Gasteiger partial charge on any atom is 0.255 e. The number of ketones is 1. The SMILES string of the molecule is COc1ccc(C(=O)C(C)Oc2cccc(NC(=O)c3ccccc3)c2)cc1. The molecule has 3 aromatic carbocycles. The number of rotatable bonds is 7. The molecule has 0 aliphatic rings. The van der Waals surface area contributed by atoms with E-state index in [0.29, 0.717) is 28.3 Å². The van der Waals surface area contributed by atoms with Gasteiger partial charge in [0.2, 0.25) is 5.78 Å². The number of hydrogen-bond donors (Lipinski definition) is 1. The molecule has 0 aliphatic carbocycles. The molecule has 5 nitrogen and oxygen atoms in total. The number of hydrogen-bond acceptors (Lipinski definition) is 4. The van der Waals surface area contributed by atoms with Crippen LogP contribution in [0.25, 0.3) is 0 Å². The lowest BCUT2D eigenvalue weighted by Gasteiger charge is -2.15. The van der Waals surface area contributed by atoms with Gasteiger partial charge in [0.1, 0.15) is 11.5 Å². The number of carbonyl (C=O) groups is 2. The van der Waals surface area contributed by atoms with E-state index in [1.165, 1.54) is 0 Å². The minimum Gasteiger partial charge on any atom is -0.497 e. The Hall–Kier alpha value is -3.60. The van der Waals surface area contributed by atoms with Crippen LogP contribution < -0.4 is 14.8 Å². The van der Waals surface area contributed by atoms with Crippen molar-refractivity contribution in [1.29, 1.82) is 0 Å². The van der Waals surface area contributed by atoms with Crippen molar-refractivity contribution in [2.75, 3.05) is 12.4 Å². The van der Waals surface area contributed by atoms with Crippen molar-refractivity contribution in [3.63, 3.8) is 0 Å². The van der Waals surface area contributed by atoms with E-state index in [1.54, 1.807) is 86.8 Å². The molecule has 0 radical (unpaired) electrons. The largest absolute Gasteiger partial charge is 0.497 e. The van der Waals surface area contributed by atoms with E-state index in [4.69, 9.17) is 9.47 Å². The third-order valence-corrected chi connectivity index (χ3v) is 4.18. The van der Waals surface area contributed by atoms with Gasteiger partial charge in [-0.05, 0) is 55.5 Å². The van der Waals surface area contributed by atoms with E-state index in [2.05, 4.69) is 5.32 Å². The summed E-state index contributed by atoms with van der Waals surface area (Å²) in [5.74, 6) is 0.841. The van der Waals surface area contributed by atoms with Gasteiger partial charge in [0, 0.05) is 22.9 Å². The first-order valence-electron chi connectivity index (χ1n) is 8.88. The van der Waals surface area contributed by atoms with Crippen LogP contribution in [0.2, 0.25) is 0 Å². The van der Waals surface area contributed by atoms with Crippen LogP contribution in [0, 0.1) is 0 Å². The van der Waals surface area contributed by atoms with E-state index in [-0.39, 0.29) is 11.7 Å². The fraction of sp³-hybridized carbons (Fsp3) is 0.130. The maximum absolute atomic E-state index is 12.6. The van der Waals surface area contributed by atoms with Crippen LogP contribution in [-0.4, -0.2) is 24.9 Å². The molecule has 0 saturated carbocycles. The molecule has 0 aliphatic heterocycles. The van der Waals surface area contributed by atoms with Crippen LogP contribution >= 0.6 is 0 Å². The van der Waals surface area contributed by atoms with Gasteiger partial charge in [-0.3, -0.25) is 9.59 Å². The molecule has 0 bridgehead atoms. The second-order valence-electron chi connectivity index (χ2n) is 6.20. The summed E-state index contributed by atoms with van der Waals surface area (Å²) in [7, 11) is 1.58. The fourth-order valence-corrected chi connectivity index (χ4v) is 2.69. The van der Waals surface area contributed by atoms with Crippen LogP contribution in [0.3, 0.4) is 0 Å². The summed E-state index contributed by atoms with van der Waals surface area (Å²) in [6, 6.07) is 22.8. The number of methoxy groups -OCH3 is 1. The molecule has 3 aromatic rings. The zero-order chi connectivity index (χ0) is 19.9. The van der Waals surface area contributed by atoms with Crippen LogP contribution in [-0.2, 0) is 0 Å². The predicted octanol–water partition coefficient (Wildman–Crippen LogP) is 4.60. The van der Waals surface area contributed by atoms with Crippen molar-refractivity contribution in [2.24, 2.45) is 0 Å². The molecule has 28 heavy (non-hydrogen) atoms.